The van der Waals surface area contributed by atoms with Gasteiger partial charge in [0.2, 0.25) is 0 Å². The highest BCUT2D eigenvalue weighted by Crippen LogP contribution is 2.14. The van der Waals surface area contributed by atoms with Gasteiger partial charge in [-0.15, -0.1) is 24.0 Å². The van der Waals surface area contributed by atoms with Crippen molar-refractivity contribution >= 4 is 35.8 Å². The molecule has 164 valence electrons. The minimum absolute atomic E-state index is 0. The summed E-state index contributed by atoms with van der Waals surface area (Å²) in [6.45, 7) is 8.87. The molecule has 0 unspecified atom stereocenters. The second-order valence-corrected chi connectivity index (χ2v) is 7.33. The summed E-state index contributed by atoms with van der Waals surface area (Å²) in [5.41, 5.74) is 2.14. The van der Waals surface area contributed by atoms with Gasteiger partial charge in [-0.1, -0.05) is 25.1 Å². The molecule has 0 spiro atoms. The van der Waals surface area contributed by atoms with Crippen LogP contribution in [0.3, 0.4) is 0 Å². The van der Waals surface area contributed by atoms with Crippen LogP contribution in [0.25, 0.3) is 0 Å². The first-order valence-electron chi connectivity index (χ1n) is 10.2. The van der Waals surface area contributed by atoms with Gasteiger partial charge in [0.15, 0.2) is 5.96 Å². The first-order valence-corrected chi connectivity index (χ1v) is 10.2. The zero-order chi connectivity index (χ0) is 20.6. The number of hydrogen-bond acceptors (Lipinski definition) is 4. The number of aliphatic imine (C=N–C) groups is 1. The third-order valence-electron chi connectivity index (χ3n) is 5.31. The Morgan fingerprint density at radius 3 is 2.33 bits per heavy atom. The van der Waals surface area contributed by atoms with Crippen molar-refractivity contribution in [3.63, 3.8) is 0 Å². The van der Waals surface area contributed by atoms with E-state index in [2.05, 4.69) is 44.1 Å². The maximum Gasteiger partial charge on any atom is 0.193 e. The SMILES string of the molecule is CCN1CCN(c2ccc(CNC(=NC)N(C)Cc3ccc(F)cc3)cn2)CC1.I. The number of aromatic nitrogens is 1. The smallest absolute Gasteiger partial charge is 0.193 e. The predicted octanol–water partition coefficient (Wildman–Crippen LogP) is 3.19. The van der Waals surface area contributed by atoms with Gasteiger partial charge in [-0.2, -0.15) is 0 Å². The van der Waals surface area contributed by atoms with E-state index in [1.165, 1.54) is 12.1 Å². The van der Waals surface area contributed by atoms with Gasteiger partial charge < -0.3 is 20.0 Å². The van der Waals surface area contributed by atoms with E-state index in [1.807, 2.05) is 18.1 Å². The van der Waals surface area contributed by atoms with Crippen LogP contribution >= 0.6 is 24.0 Å². The van der Waals surface area contributed by atoms with Gasteiger partial charge in [0.25, 0.3) is 0 Å². The van der Waals surface area contributed by atoms with E-state index in [-0.39, 0.29) is 29.8 Å². The van der Waals surface area contributed by atoms with Crippen LogP contribution in [0.15, 0.2) is 47.6 Å². The molecule has 1 aromatic heterocycles. The van der Waals surface area contributed by atoms with E-state index in [4.69, 9.17) is 0 Å². The summed E-state index contributed by atoms with van der Waals surface area (Å²) < 4.78 is 13.1. The van der Waals surface area contributed by atoms with E-state index in [0.717, 1.165) is 55.6 Å². The largest absolute Gasteiger partial charge is 0.354 e. The van der Waals surface area contributed by atoms with Gasteiger partial charge in [-0.25, -0.2) is 9.37 Å². The van der Waals surface area contributed by atoms with Crippen LogP contribution in [0.4, 0.5) is 10.2 Å². The molecule has 1 aliphatic heterocycles. The van der Waals surface area contributed by atoms with Crippen molar-refractivity contribution in [1.82, 2.24) is 20.1 Å². The number of anilines is 1. The van der Waals surface area contributed by atoms with Gasteiger partial charge in [0.1, 0.15) is 11.6 Å². The highest BCUT2D eigenvalue weighted by atomic mass is 127. The maximum atomic E-state index is 13.1. The van der Waals surface area contributed by atoms with Crippen molar-refractivity contribution < 1.29 is 4.39 Å². The summed E-state index contributed by atoms with van der Waals surface area (Å²) in [6.07, 6.45) is 1.93. The Hall–Kier alpha value is -1.94. The fraction of sp³-hybridized carbons (Fsp3) is 0.455. The van der Waals surface area contributed by atoms with Crippen LogP contribution in [0.2, 0.25) is 0 Å². The Balaban J connectivity index is 0.00000320. The summed E-state index contributed by atoms with van der Waals surface area (Å²) in [7, 11) is 3.73. The summed E-state index contributed by atoms with van der Waals surface area (Å²) >= 11 is 0. The van der Waals surface area contributed by atoms with Crippen molar-refractivity contribution in [3.05, 3.63) is 59.5 Å². The van der Waals surface area contributed by atoms with Gasteiger partial charge in [-0.05, 0) is 35.9 Å². The zero-order valence-electron chi connectivity index (χ0n) is 18.0. The van der Waals surface area contributed by atoms with Crippen LogP contribution in [0, 0.1) is 5.82 Å². The lowest BCUT2D eigenvalue weighted by atomic mass is 10.2. The minimum atomic E-state index is -0.220. The van der Waals surface area contributed by atoms with Crippen LogP contribution in [0.5, 0.6) is 0 Å². The average Bonchev–Trinajstić information content (AvgIpc) is 2.76. The average molecular weight is 526 g/mol. The molecule has 2 aromatic rings. The number of guanidine groups is 1. The molecule has 0 radical (unpaired) electrons. The van der Waals surface area contributed by atoms with E-state index >= 15 is 0 Å². The molecular weight excluding hydrogens is 494 g/mol. The number of halogens is 2. The molecule has 1 saturated heterocycles. The number of likely N-dealkylation sites (N-methyl/N-ethyl adjacent to an activating group) is 1. The molecule has 0 atom stereocenters. The number of hydrogen-bond donors (Lipinski definition) is 1. The highest BCUT2D eigenvalue weighted by Gasteiger charge is 2.16. The minimum Gasteiger partial charge on any atom is -0.354 e. The van der Waals surface area contributed by atoms with Crippen molar-refractivity contribution in [1.29, 1.82) is 0 Å². The number of rotatable bonds is 6. The molecule has 1 fully saturated rings. The molecule has 3 rings (SSSR count). The molecule has 0 saturated carbocycles. The zero-order valence-corrected chi connectivity index (χ0v) is 20.3. The summed E-state index contributed by atoms with van der Waals surface area (Å²) in [6, 6.07) is 10.8. The molecule has 0 amide bonds. The number of pyridine rings is 1. The van der Waals surface area contributed by atoms with Gasteiger partial charge >= 0.3 is 0 Å². The van der Waals surface area contributed by atoms with Crippen molar-refractivity contribution in [2.75, 3.05) is 51.7 Å². The molecule has 2 heterocycles. The Bertz CT molecular complexity index is 788. The third kappa shape index (κ3) is 6.80. The first kappa shape index (κ1) is 24.3. The highest BCUT2D eigenvalue weighted by molar-refractivity contribution is 14.0. The summed E-state index contributed by atoms with van der Waals surface area (Å²) in [4.78, 5) is 15.8. The molecular formula is C22H32FIN6. The van der Waals surface area contributed by atoms with Crippen molar-refractivity contribution in [3.8, 4) is 0 Å². The Morgan fingerprint density at radius 2 is 1.77 bits per heavy atom. The van der Waals surface area contributed by atoms with Gasteiger partial charge in [0.05, 0.1) is 0 Å². The normalized spacial score (nSPS) is 14.9. The molecule has 6 nitrogen and oxygen atoms in total. The standard InChI is InChI=1S/C22H31FN6.HI/c1-4-28-11-13-29(14-12-28)21-10-7-19(15-25-21)16-26-22(24-2)27(3)17-18-5-8-20(23)9-6-18;/h5-10,15H,4,11-14,16-17H2,1-3H3,(H,24,26);1H. The molecule has 1 aromatic carbocycles. The second kappa shape index (κ2) is 12.0. The number of benzene rings is 1. The van der Waals surface area contributed by atoms with Crippen LogP contribution in [-0.4, -0.2) is 67.6 Å². The Morgan fingerprint density at radius 1 is 1.10 bits per heavy atom. The number of nitrogens with one attached hydrogen (secondary N) is 1. The molecule has 0 aliphatic carbocycles. The fourth-order valence-electron chi connectivity index (χ4n) is 3.51. The summed E-state index contributed by atoms with van der Waals surface area (Å²) in [5.74, 6) is 1.61. The van der Waals surface area contributed by atoms with Crippen molar-refractivity contribution in [2.45, 2.75) is 20.0 Å². The number of piperazine rings is 1. The van der Waals surface area contributed by atoms with E-state index in [0.29, 0.717) is 13.1 Å². The van der Waals surface area contributed by atoms with E-state index in [9.17, 15) is 4.39 Å². The lowest BCUT2D eigenvalue weighted by Gasteiger charge is -2.34. The molecule has 0 bridgehead atoms. The predicted molar refractivity (Wildman–Crippen MR) is 132 cm³/mol. The molecule has 8 heteroatoms. The second-order valence-electron chi connectivity index (χ2n) is 7.33. The summed E-state index contributed by atoms with van der Waals surface area (Å²) in [5, 5.41) is 3.37. The lowest BCUT2D eigenvalue weighted by Crippen LogP contribution is -2.46. The lowest BCUT2D eigenvalue weighted by molar-refractivity contribution is 0.270. The van der Waals surface area contributed by atoms with Crippen molar-refractivity contribution in [2.24, 2.45) is 4.99 Å². The quantitative estimate of drug-likeness (QED) is 0.356. The van der Waals surface area contributed by atoms with Crippen LogP contribution in [-0.2, 0) is 13.1 Å². The monoisotopic (exact) mass is 526 g/mol. The maximum absolute atomic E-state index is 13.1. The van der Waals surface area contributed by atoms with Gasteiger partial charge in [0, 0.05) is 59.6 Å². The third-order valence-corrected chi connectivity index (χ3v) is 5.31. The van der Waals surface area contributed by atoms with E-state index in [1.54, 1.807) is 19.2 Å². The Labute approximate surface area is 196 Å². The van der Waals surface area contributed by atoms with Crippen LogP contribution in [0.1, 0.15) is 18.1 Å². The molecule has 30 heavy (non-hydrogen) atoms. The Kier molecular flexibility index (Phi) is 9.77. The van der Waals surface area contributed by atoms with Gasteiger partial charge in [-0.3, -0.25) is 4.99 Å². The topological polar surface area (TPSA) is 47.0 Å². The molecule has 1 aliphatic rings. The van der Waals surface area contributed by atoms with Crippen LogP contribution < -0.4 is 10.2 Å². The fourth-order valence-corrected chi connectivity index (χ4v) is 3.51. The molecule has 1 N–H and O–H groups in total. The van der Waals surface area contributed by atoms with E-state index < -0.39 is 0 Å². The number of nitrogens with zero attached hydrogens (tertiary/aromatic N) is 5. The first-order chi connectivity index (χ1) is 14.1.